The predicted molar refractivity (Wildman–Crippen MR) is 51.7 cm³/mol. The molecule has 0 aliphatic carbocycles. The van der Waals surface area contributed by atoms with Gasteiger partial charge in [0.05, 0.1) is 6.54 Å². The number of cyclic esters (lactones) is 1. The normalized spacial score (nSPS) is 22.8. The van der Waals surface area contributed by atoms with E-state index in [9.17, 15) is 4.79 Å². The second kappa shape index (κ2) is 5.21. The first-order chi connectivity index (χ1) is 6.59. The maximum atomic E-state index is 10.7. The monoisotopic (exact) mass is 201 g/mol. The number of hydrogen-bond acceptors (Lipinski definition) is 4. The van der Waals surface area contributed by atoms with Gasteiger partial charge in [-0.1, -0.05) is 13.3 Å². The van der Waals surface area contributed by atoms with Crippen molar-refractivity contribution in [1.82, 2.24) is 5.32 Å². The van der Waals surface area contributed by atoms with Crippen molar-refractivity contribution in [2.24, 2.45) is 5.92 Å². The third kappa shape index (κ3) is 3.55. The summed E-state index contributed by atoms with van der Waals surface area (Å²) in [6.45, 7) is 2.55. The van der Waals surface area contributed by atoms with Crippen molar-refractivity contribution in [3.05, 3.63) is 0 Å². The van der Waals surface area contributed by atoms with E-state index >= 15 is 0 Å². The van der Waals surface area contributed by atoms with Crippen molar-refractivity contribution in [1.29, 1.82) is 0 Å². The molecule has 0 bridgehead atoms. The van der Waals surface area contributed by atoms with E-state index < -0.39 is 7.12 Å². The number of nitrogens with one attached hydrogen (secondary N) is 1. The van der Waals surface area contributed by atoms with E-state index in [0.717, 1.165) is 12.8 Å². The average molecular weight is 201 g/mol. The van der Waals surface area contributed by atoms with Crippen LogP contribution in [0, 0.1) is 5.92 Å². The predicted octanol–water partition coefficient (Wildman–Crippen LogP) is -0.0161. The third-order valence-corrected chi connectivity index (χ3v) is 2.46. The molecule has 0 saturated carbocycles. The summed E-state index contributed by atoms with van der Waals surface area (Å²) >= 11 is 0. The summed E-state index contributed by atoms with van der Waals surface area (Å²) in [5.74, 6) is 0.257. The SMILES string of the molecule is CC(CCCB(O)O)C1CNC(=O)O1. The molecular weight excluding hydrogens is 185 g/mol. The molecule has 80 valence electrons. The summed E-state index contributed by atoms with van der Waals surface area (Å²) in [7, 11) is -1.23. The molecule has 2 atom stereocenters. The Kier molecular flexibility index (Phi) is 4.22. The second-order valence-electron chi connectivity index (χ2n) is 3.71. The molecule has 1 rings (SSSR count). The van der Waals surface area contributed by atoms with Gasteiger partial charge in [-0.25, -0.2) is 4.79 Å². The van der Waals surface area contributed by atoms with Crippen molar-refractivity contribution in [2.45, 2.75) is 32.2 Å². The molecule has 6 heteroatoms. The van der Waals surface area contributed by atoms with Gasteiger partial charge in [0, 0.05) is 0 Å². The number of carbonyl (C=O) groups is 1. The molecule has 1 saturated heterocycles. The van der Waals surface area contributed by atoms with Crippen molar-refractivity contribution in [2.75, 3.05) is 6.54 Å². The molecule has 1 aliphatic rings. The Hall–Kier alpha value is -0.745. The Bertz CT molecular complexity index is 200. The van der Waals surface area contributed by atoms with Crippen LogP contribution in [0.1, 0.15) is 19.8 Å². The van der Waals surface area contributed by atoms with Crippen LogP contribution >= 0.6 is 0 Å². The van der Waals surface area contributed by atoms with E-state index in [-0.39, 0.29) is 18.1 Å². The molecule has 14 heavy (non-hydrogen) atoms. The summed E-state index contributed by atoms with van der Waals surface area (Å²) in [5.41, 5.74) is 0. The number of carbonyl (C=O) groups excluding carboxylic acids is 1. The Morgan fingerprint density at radius 1 is 1.71 bits per heavy atom. The number of rotatable bonds is 5. The van der Waals surface area contributed by atoms with Gasteiger partial charge in [-0.2, -0.15) is 0 Å². The zero-order valence-corrected chi connectivity index (χ0v) is 8.27. The highest BCUT2D eigenvalue weighted by Gasteiger charge is 2.27. The lowest BCUT2D eigenvalue weighted by atomic mass is 9.82. The van der Waals surface area contributed by atoms with Gasteiger partial charge < -0.3 is 20.1 Å². The highest BCUT2D eigenvalue weighted by molar-refractivity contribution is 6.40. The largest absolute Gasteiger partial charge is 0.451 e. The molecule has 0 aromatic heterocycles. The highest BCUT2D eigenvalue weighted by atomic mass is 16.6. The summed E-state index contributed by atoms with van der Waals surface area (Å²) in [4.78, 5) is 10.7. The topological polar surface area (TPSA) is 78.8 Å². The van der Waals surface area contributed by atoms with Crippen LogP contribution in [0.2, 0.25) is 6.32 Å². The third-order valence-electron chi connectivity index (χ3n) is 2.46. The van der Waals surface area contributed by atoms with Crippen molar-refractivity contribution in [3.63, 3.8) is 0 Å². The standard InChI is InChI=1S/C8H16BNO4/c1-6(3-2-4-9(12)13)7-5-10-8(11)14-7/h6-7,12-13H,2-5H2,1H3,(H,10,11). The molecule has 1 amide bonds. The van der Waals surface area contributed by atoms with E-state index in [4.69, 9.17) is 14.8 Å². The van der Waals surface area contributed by atoms with Gasteiger partial charge in [0.2, 0.25) is 0 Å². The van der Waals surface area contributed by atoms with Crippen LogP contribution in [0.3, 0.4) is 0 Å². The van der Waals surface area contributed by atoms with Crippen molar-refractivity contribution in [3.8, 4) is 0 Å². The van der Waals surface area contributed by atoms with E-state index in [0.29, 0.717) is 12.9 Å². The maximum Gasteiger partial charge on any atom is 0.451 e. The zero-order valence-electron chi connectivity index (χ0n) is 8.27. The molecule has 1 fully saturated rings. The number of amides is 1. The first-order valence-electron chi connectivity index (χ1n) is 4.90. The van der Waals surface area contributed by atoms with Gasteiger partial charge in [0.25, 0.3) is 0 Å². The minimum Gasteiger partial charge on any atom is -0.444 e. The molecular formula is C8H16BNO4. The van der Waals surface area contributed by atoms with Gasteiger partial charge in [-0.05, 0) is 18.7 Å². The van der Waals surface area contributed by atoms with E-state index in [2.05, 4.69) is 5.32 Å². The molecule has 0 aromatic rings. The van der Waals surface area contributed by atoms with E-state index in [1.54, 1.807) is 0 Å². The van der Waals surface area contributed by atoms with Gasteiger partial charge >= 0.3 is 13.2 Å². The fraction of sp³-hybridized carbons (Fsp3) is 0.875. The Labute approximate surface area is 83.6 Å². The Balaban J connectivity index is 2.15. The Morgan fingerprint density at radius 3 is 2.93 bits per heavy atom. The molecule has 0 aromatic carbocycles. The number of ether oxygens (including phenoxy) is 1. The fourth-order valence-electron chi connectivity index (χ4n) is 1.53. The quantitative estimate of drug-likeness (QED) is 0.546. The molecule has 0 spiro atoms. The minimum absolute atomic E-state index is 0.0710. The highest BCUT2D eigenvalue weighted by Crippen LogP contribution is 2.18. The molecule has 0 radical (unpaired) electrons. The van der Waals surface area contributed by atoms with Gasteiger partial charge in [-0.3, -0.25) is 0 Å². The van der Waals surface area contributed by atoms with Crippen molar-refractivity contribution >= 4 is 13.2 Å². The first-order valence-corrected chi connectivity index (χ1v) is 4.90. The number of alkyl carbamates (subject to hydrolysis) is 1. The van der Waals surface area contributed by atoms with Crippen LogP contribution in [0.25, 0.3) is 0 Å². The van der Waals surface area contributed by atoms with Crippen LogP contribution in [-0.4, -0.2) is 35.9 Å². The van der Waals surface area contributed by atoms with Gasteiger partial charge in [0.15, 0.2) is 0 Å². The van der Waals surface area contributed by atoms with Crippen molar-refractivity contribution < 1.29 is 19.6 Å². The summed E-state index contributed by atoms with van der Waals surface area (Å²) in [6.07, 6.45) is 1.50. The number of hydrogen-bond donors (Lipinski definition) is 3. The van der Waals surface area contributed by atoms with Crippen LogP contribution < -0.4 is 5.32 Å². The molecule has 1 aliphatic heterocycles. The maximum absolute atomic E-state index is 10.7. The average Bonchev–Trinajstić information content (AvgIpc) is 2.51. The first kappa shape index (κ1) is 11.3. The zero-order chi connectivity index (χ0) is 10.6. The fourth-order valence-corrected chi connectivity index (χ4v) is 1.53. The lowest BCUT2D eigenvalue weighted by molar-refractivity contribution is 0.107. The molecule has 5 nitrogen and oxygen atoms in total. The molecule has 2 unspecified atom stereocenters. The van der Waals surface area contributed by atoms with Crippen LogP contribution in [-0.2, 0) is 4.74 Å². The minimum atomic E-state index is -1.23. The summed E-state index contributed by atoms with van der Waals surface area (Å²) in [5, 5.41) is 19.9. The van der Waals surface area contributed by atoms with Crippen LogP contribution in [0.5, 0.6) is 0 Å². The second-order valence-corrected chi connectivity index (χ2v) is 3.71. The Morgan fingerprint density at radius 2 is 2.43 bits per heavy atom. The molecule has 1 heterocycles. The van der Waals surface area contributed by atoms with Gasteiger partial charge in [0.1, 0.15) is 6.10 Å². The lowest BCUT2D eigenvalue weighted by Gasteiger charge is -2.16. The summed E-state index contributed by atoms with van der Waals surface area (Å²) < 4.78 is 5.01. The smallest absolute Gasteiger partial charge is 0.444 e. The lowest BCUT2D eigenvalue weighted by Crippen LogP contribution is -2.22. The van der Waals surface area contributed by atoms with E-state index in [1.807, 2.05) is 6.92 Å². The van der Waals surface area contributed by atoms with Crippen LogP contribution in [0.15, 0.2) is 0 Å². The molecule has 3 N–H and O–H groups in total. The van der Waals surface area contributed by atoms with E-state index in [1.165, 1.54) is 0 Å². The van der Waals surface area contributed by atoms with Crippen LogP contribution in [0.4, 0.5) is 4.79 Å². The summed E-state index contributed by atoms with van der Waals surface area (Å²) in [6, 6.07) is 0. The van der Waals surface area contributed by atoms with Gasteiger partial charge in [-0.15, -0.1) is 0 Å².